The van der Waals surface area contributed by atoms with Crippen molar-refractivity contribution < 1.29 is 13.2 Å². The Hall–Kier alpha value is -1.47. The molecule has 0 unspecified atom stereocenters. The maximum absolute atomic E-state index is 11.3. The summed E-state index contributed by atoms with van der Waals surface area (Å²) in [5.41, 5.74) is 5.99. The number of anilines is 1. The molecule has 0 aliphatic carbocycles. The standard InChI is InChI=1S/C12H10Cl2N2O3S/c13-7-3-8(14)5-9(4-7)19-12-6-10(20(16,17)18)1-2-11(12)15/h1-6H,15H2,(H2,16,17,18). The monoisotopic (exact) mass is 332 g/mol. The van der Waals surface area contributed by atoms with Gasteiger partial charge in [-0.25, -0.2) is 13.6 Å². The van der Waals surface area contributed by atoms with E-state index in [2.05, 4.69) is 0 Å². The molecule has 0 aromatic heterocycles. The minimum absolute atomic E-state index is 0.102. The van der Waals surface area contributed by atoms with Crippen molar-refractivity contribution in [2.45, 2.75) is 4.90 Å². The SMILES string of the molecule is Nc1ccc(S(N)(=O)=O)cc1Oc1cc(Cl)cc(Cl)c1. The van der Waals surface area contributed by atoms with E-state index in [0.717, 1.165) is 0 Å². The molecular formula is C12H10Cl2N2O3S. The lowest BCUT2D eigenvalue weighted by Gasteiger charge is -2.10. The highest BCUT2D eigenvalue weighted by molar-refractivity contribution is 7.89. The zero-order valence-corrected chi connectivity index (χ0v) is 12.3. The molecular weight excluding hydrogens is 323 g/mol. The minimum Gasteiger partial charge on any atom is -0.455 e. The predicted molar refractivity (Wildman–Crippen MR) is 78.8 cm³/mol. The van der Waals surface area contributed by atoms with Crippen LogP contribution in [0.3, 0.4) is 0 Å². The van der Waals surface area contributed by atoms with Crippen LogP contribution in [0, 0.1) is 0 Å². The molecule has 4 N–H and O–H groups in total. The van der Waals surface area contributed by atoms with Gasteiger partial charge in [0.2, 0.25) is 10.0 Å². The first-order valence-corrected chi connectivity index (χ1v) is 7.62. The van der Waals surface area contributed by atoms with Crippen molar-refractivity contribution in [3.05, 3.63) is 46.4 Å². The summed E-state index contributed by atoms with van der Waals surface area (Å²) in [6.45, 7) is 0. The lowest BCUT2D eigenvalue weighted by Crippen LogP contribution is -2.12. The van der Waals surface area contributed by atoms with Crippen LogP contribution in [0.25, 0.3) is 0 Å². The number of rotatable bonds is 3. The molecule has 20 heavy (non-hydrogen) atoms. The van der Waals surface area contributed by atoms with E-state index in [-0.39, 0.29) is 16.3 Å². The van der Waals surface area contributed by atoms with Gasteiger partial charge in [-0.05, 0) is 30.3 Å². The molecule has 0 radical (unpaired) electrons. The fourth-order valence-corrected chi connectivity index (χ4v) is 2.53. The van der Waals surface area contributed by atoms with Gasteiger partial charge in [0.25, 0.3) is 0 Å². The molecule has 0 heterocycles. The first kappa shape index (κ1) is 14.9. The Labute approximate surface area is 126 Å². The summed E-state index contributed by atoms with van der Waals surface area (Å²) in [5, 5.41) is 5.82. The second kappa shape index (κ2) is 5.49. The number of nitrogen functional groups attached to an aromatic ring is 1. The predicted octanol–water partition coefficient (Wildman–Crippen LogP) is 3.02. The van der Waals surface area contributed by atoms with Gasteiger partial charge in [-0.15, -0.1) is 0 Å². The number of nitrogens with two attached hydrogens (primary N) is 2. The van der Waals surface area contributed by atoms with Crippen molar-refractivity contribution in [1.29, 1.82) is 0 Å². The smallest absolute Gasteiger partial charge is 0.238 e. The van der Waals surface area contributed by atoms with E-state index in [9.17, 15) is 8.42 Å². The molecule has 2 aromatic carbocycles. The molecule has 2 aromatic rings. The fourth-order valence-electron chi connectivity index (χ4n) is 1.49. The molecule has 0 spiro atoms. The first-order valence-electron chi connectivity index (χ1n) is 5.32. The lowest BCUT2D eigenvalue weighted by molar-refractivity contribution is 0.483. The second-order valence-corrected chi connectivity index (χ2v) is 6.39. The van der Waals surface area contributed by atoms with Gasteiger partial charge in [0, 0.05) is 16.1 Å². The van der Waals surface area contributed by atoms with Crippen LogP contribution in [0.5, 0.6) is 11.5 Å². The zero-order valence-electron chi connectivity index (χ0n) is 10.0. The molecule has 0 fully saturated rings. The molecule has 0 bridgehead atoms. The summed E-state index contributed by atoms with van der Waals surface area (Å²) in [6.07, 6.45) is 0. The summed E-state index contributed by atoms with van der Waals surface area (Å²) in [7, 11) is -3.84. The molecule has 0 saturated carbocycles. The van der Waals surface area contributed by atoms with Crippen LogP contribution >= 0.6 is 23.2 Å². The number of halogens is 2. The Morgan fingerprint density at radius 3 is 2.15 bits per heavy atom. The van der Waals surface area contributed by atoms with Gasteiger partial charge in [-0.2, -0.15) is 0 Å². The largest absolute Gasteiger partial charge is 0.455 e. The molecule has 0 atom stereocenters. The third kappa shape index (κ3) is 3.55. The molecule has 2 rings (SSSR count). The van der Waals surface area contributed by atoms with Crippen LogP contribution in [-0.2, 0) is 10.0 Å². The molecule has 8 heteroatoms. The summed E-state index contributed by atoms with van der Waals surface area (Å²) in [5.74, 6) is 0.482. The van der Waals surface area contributed by atoms with Gasteiger partial charge in [0.05, 0.1) is 10.6 Å². The highest BCUT2D eigenvalue weighted by Crippen LogP contribution is 2.32. The molecule has 0 saturated heterocycles. The van der Waals surface area contributed by atoms with E-state index in [0.29, 0.717) is 15.8 Å². The summed E-state index contributed by atoms with van der Waals surface area (Å²) < 4.78 is 28.1. The van der Waals surface area contributed by atoms with E-state index in [1.807, 2.05) is 0 Å². The highest BCUT2D eigenvalue weighted by atomic mass is 35.5. The maximum Gasteiger partial charge on any atom is 0.238 e. The van der Waals surface area contributed by atoms with Crippen LogP contribution in [-0.4, -0.2) is 8.42 Å². The highest BCUT2D eigenvalue weighted by Gasteiger charge is 2.12. The van der Waals surface area contributed by atoms with E-state index >= 15 is 0 Å². The molecule has 0 amide bonds. The van der Waals surface area contributed by atoms with E-state index in [1.165, 1.54) is 30.3 Å². The molecule has 0 aliphatic rings. The maximum atomic E-state index is 11.3. The van der Waals surface area contributed by atoms with Crippen molar-refractivity contribution >= 4 is 38.9 Å². The first-order chi connectivity index (χ1) is 9.25. The van der Waals surface area contributed by atoms with Crippen LogP contribution in [0.15, 0.2) is 41.3 Å². The average molecular weight is 333 g/mol. The van der Waals surface area contributed by atoms with Gasteiger partial charge in [-0.3, -0.25) is 0 Å². The Morgan fingerprint density at radius 1 is 1.00 bits per heavy atom. The number of hydrogen-bond donors (Lipinski definition) is 2. The topological polar surface area (TPSA) is 95.4 Å². The Morgan fingerprint density at radius 2 is 1.60 bits per heavy atom. The van der Waals surface area contributed by atoms with Gasteiger partial charge in [0.1, 0.15) is 5.75 Å². The van der Waals surface area contributed by atoms with Gasteiger partial charge >= 0.3 is 0 Å². The summed E-state index contributed by atoms with van der Waals surface area (Å²) >= 11 is 11.7. The third-order valence-electron chi connectivity index (χ3n) is 2.38. The van der Waals surface area contributed by atoms with E-state index in [4.69, 9.17) is 38.8 Å². The number of benzene rings is 2. The quantitative estimate of drug-likeness (QED) is 0.844. The second-order valence-electron chi connectivity index (χ2n) is 3.95. The van der Waals surface area contributed by atoms with Crippen LogP contribution in [0.1, 0.15) is 0 Å². The molecule has 0 aliphatic heterocycles. The zero-order chi connectivity index (χ0) is 14.9. The van der Waals surface area contributed by atoms with Crippen molar-refractivity contribution in [3.63, 3.8) is 0 Å². The minimum atomic E-state index is -3.84. The van der Waals surface area contributed by atoms with Gasteiger partial charge < -0.3 is 10.5 Å². The van der Waals surface area contributed by atoms with Crippen molar-refractivity contribution in [2.24, 2.45) is 5.14 Å². The Bertz CT molecular complexity index is 743. The van der Waals surface area contributed by atoms with Crippen molar-refractivity contribution in [1.82, 2.24) is 0 Å². The number of hydrogen-bond acceptors (Lipinski definition) is 4. The van der Waals surface area contributed by atoms with Crippen LogP contribution in [0.2, 0.25) is 10.0 Å². The summed E-state index contributed by atoms with van der Waals surface area (Å²) in [4.78, 5) is -0.102. The fraction of sp³-hybridized carbons (Fsp3) is 0. The van der Waals surface area contributed by atoms with Gasteiger partial charge in [-0.1, -0.05) is 23.2 Å². The number of primary sulfonamides is 1. The van der Waals surface area contributed by atoms with Gasteiger partial charge in [0.15, 0.2) is 5.75 Å². The molecule has 5 nitrogen and oxygen atoms in total. The van der Waals surface area contributed by atoms with Crippen molar-refractivity contribution in [3.8, 4) is 11.5 Å². The normalized spacial score (nSPS) is 11.3. The van der Waals surface area contributed by atoms with E-state index < -0.39 is 10.0 Å². The van der Waals surface area contributed by atoms with E-state index in [1.54, 1.807) is 6.07 Å². The molecule has 106 valence electrons. The number of ether oxygens (including phenoxy) is 1. The van der Waals surface area contributed by atoms with Crippen LogP contribution < -0.4 is 15.6 Å². The van der Waals surface area contributed by atoms with Crippen molar-refractivity contribution in [2.75, 3.05) is 5.73 Å². The number of sulfonamides is 1. The van der Waals surface area contributed by atoms with Crippen LogP contribution in [0.4, 0.5) is 5.69 Å². The average Bonchev–Trinajstić information content (AvgIpc) is 2.29. The Balaban J connectivity index is 2.42. The third-order valence-corrected chi connectivity index (χ3v) is 3.72. The lowest BCUT2D eigenvalue weighted by atomic mass is 10.3. The summed E-state index contributed by atoms with van der Waals surface area (Å²) in [6, 6.07) is 8.51. The Kier molecular flexibility index (Phi) is 4.10.